The number of H-pyrrole nitrogens is 1. The quantitative estimate of drug-likeness (QED) is 0.552. The summed E-state index contributed by atoms with van der Waals surface area (Å²) in [4.78, 5) is 5.25. The predicted octanol–water partition coefficient (Wildman–Crippen LogP) is -0.667. The summed E-state index contributed by atoms with van der Waals surface area (Å²) in [5.74, 6) is 1.23. The third-order valence-corrected chi connectivity index (χ3v) is 3.57. The maximum Gasteiger partial charge on any atom is 1.00 e. The van der Waals surface area contributed by atoms with Crippen molar-refractivity contribution in [1.29, 1.82) is 0 Å². The first-order valence-electron chi connectivity index (χ1n) is 4.95. The number of hydrogen-bond donors (Lipinski definition) is 2. The Morgan fingerprint density at radius 3 is 3.06 bits per heavy atom. The molecule has 0 saturated carbocycles. The Labute approximate surface area is 129 Å². The first kappa shape index (κ1) is 14.5. The van der Waals surface area contributed by atoms with Crippen molar-refractivity contribution in [2.45, 2.75) is 6.42 Å². The summed E-state index contributed by atoms with van der Waals surface area (Å²) in [6.45, 7) is 1.99. The molecule has 1 unspecified atom stereocenters. The van der Waals surface area contributed by atoms with Gasteiger partial charge in [-0.25, -0.2) is 0 Å². The van der Waals surface area contributed by atoms with Gasteiger partial charge in [0, 0.05) is 31.8 Å². The number of rotatable bonds is 2. The molecule has 0 amide bonds. The molecule has 2 rings (SSSR count). The van der Waals surface area contributed by atoms with Gasteiger partial charge in [-0.1, -0.05) is 23.8 Å². The van der Waals surface area contributed by atoms with Crippen LogP contribution < -0.4 is 34.5 Å². The zero-order chi connectivity index (χ0) is 10.8. The smallest absolute Gasteiger partial charge is 1.00 e. The van der Waals surface area contributed by atoms with Gasteiger partial charge in [-0.3, -0.25) is 0 Å². The molecule has 16 heavy (non-hydrogen) atoms. The van der Waals surface area contributed by atoms with Gasteiger partial charge in [-0.2, -0.15) is 0 Å². The van der Waals surface area contributed by atoms with Crippen molar-refractivity contribution >= 4 is 29.6 Å². The first-order valence-corrected chi connectivity index (χ1v) is 5.74. The Morgan fingerprint density at radius 2 is 2.44 bits per heavy atom. The van der Waals surface area contributed by atoms with Crippen LogP contribution in [0.5, 0.6) is 0 Å². The fraction of sp³-hybridized carbons (Fsp3) is 0.500. The number of hydrogen-bond acceptors (Lipinski definition) is 3. The van der Waals surface area contributed by atoms with Gasteiger partial charge in [0.2, 0.25) is 0 Å². The number of aromatic nitrogens is 1. The van der Waals surface area contributed by atoms with Crippen LogP contribution in [0.4, 0.5) is 5.82 Å². The summed E-state index contributed by atoms with van der Waals surface area (Å²) >= 11 is 11.2. The van der Waals surface area contributed by atoms with Crippen LogP contribution in [0.25, 0.3) is 0 Å². The summed E-state index contributed by atoms with van der Waals surface area (Å²) in [5.41, 5.74) is 0. The third kappa shape index (κ3) is 3.00. The molecule has 1 aromatic rings. The number of aliphatic hydroxyl groups is 1. The van der Waals surface area contributed by atoms with Gasteiger partial charge >= 0.3 is 29.6 Å². The van der Waals surface area contributed by atoms with E-state index in [2.05, 4.69) is 9.88 Å². The minimum atomic E-state index is 0. The average Bonchev–Trinajstić information content (AvgIpc) is 2.70. The molecular weight excluding hydrogens is 255 g/mol. The first-order chi connectivity index (χ1) is 7.22. The molecule has 3 nitrogen and oxygen atoms in total. The number of nitrogens with zero attached hydrogens (tertiary/aromatic N) is 1. The monoisotopic (exact) mass is 268 g/mol. The molecule has 1 atom stereocenters. The van der Waals surface area contributed by atoms with Crippen molar-refractivity contribution in [3.8, 4) is 0 Å². The number of aliphatic hydroxyl groups excluding tert-OH is 1. The molecule has 1 fully saturated rings. The molecule has 2 N–H and O–H groups in total. The van der Waals surface area contributed by atoms with E-state index in [1.807, 2.05) is 0 Å². The maximum absolute atomic E-state index is 9.06. The fourth-order valence-electron chi connectivity index (χ4n) is 1.86. The standard InChI is InChI=1S/C10H13ClN2OS.Na.H/c11-9-8(15)1-3-12-10(9)13-4-2-7(5-13)6-14;;/h1,3,7,14H,2,4-6H2,(H,12,15);;/q;+1;-1. The van der Waals surface area contributed by atoms with Crippen molar-refractivity contribution in [2.24, 2.45) is 5.92 Å². The molecule has 6 heteroatoms. The normalized spacial score (nSPS) is 19.6. The molecule has 1 aromatic heterocycles. The molecule has 0 aliphatic carbocycles. The largest absolute Gasteiger partial charge is 1.00 e. The van der Waals surface area contributed by atoms with E-state index in [4.69, 9.17) is 28.9 Å². The van der Waals surface area contributed by atoms with E-state index in [1.165, 1.54) is 0 Å². The predicted molar refractivity (Wildman–Crippen MR) is 65.2 cm³/mol. The van der Waals surface area contributed by atoms with Crippen molar-refractivity contribution in [2.75, 3.05) is 24.6 Å². The van der Waals surface area contributed by atoms with Gasteiger partial charge in [0.05, 0.1) is 9.53 Å². The number of anilines is 1. The van der Waals surface area contributed by atoms with Gasteiger partial charge < -0.3 is 16.4 Å². The van der Waals surface area contributed by atoms with Crippen molar-refractivity contribution in [1.82, 2.24) is 4.98 Å². The summed E-state index contributed by atoms with van der Waals surface area (Å²) in [5, 5.41) is 9.67. The van der Waals surface area contributed by atoms with Crippen LogP contribution in [0.3, 0.4) is 0 Å². The van der Waals surface area contributed by atoms with Gasteiger partial charge in [0.25, 0.3) is 0 Å². The Hall–Kier alpha value is 0.420. The van der Waals surface area contributed by atoms with E-state index in [1.54, 1.807) is 12.3 Å². The summed E-state index contributed by atoms with van der Waals surface area (Å²) < 4.78 is 0.665. The number of nitrogens with one attached hydrogen (secondary N) is 1. The second-order valence-electron chi connectivity index (χ2n) is 3.79. The third-order valence-electron chi connectivity index (χ3n) is 2.74. The molecule has 0 radical (unpaired) electrons. The molecule has 1 aliphatic rings. The summed E-state index contributed by atoms with van der Waals surface area (Å²) in [6.07, 6.45) is 2.80. The maximum atomic E-state index is 9.06. The number of halogens is 1. The Kier molecular flexibility index (Phi) is 5.77. The topological polar surface area (TPSA) is 39.3 Å². The van der Waals surface area contributed by atoms with E-state index < -0.39 is 0 Å². The van der Waals surface area contributed by atoms with Crippen LogP contribution >= 0.6 is 23.8 Å². The van der Waals surface area contributed by atoms with Crippen LogP contribution in [0, 0.1) is 10.4 Å². The van der Waals surface area contributed by atoms with E-state index >= 15 is 0 Å². The van der Waals surface area contributed by atoms with E-state index in [0.717, 1.165) is 25.3 Å². The molecule has 0 bridgehead atoms. The van der Waals surface area contributed by atoms with Crippen LogP contribution in [0.15, 0.2) is 12.3 Å². The zero-order valence-corrected chi connectivity index (χ0v) is 12.8. The van der Waals surface area contributed by atoms with Gasteiger partial charge in [0.15, 0.2) is 0 Å². The second-order valence-corrected chi connectivity index (χ2v) is 4.61. The summed E-state index contributed by atoms with van der Waals surface area (Å²) in [6, 6.07) is 1.78. The molecule has 0 spiro atoms. The zero-order valence-electron chi connectivity index (χ0n) is 10.2. The Bertz CT molecular complexity index is 418. The van der Waals surface area contributed by atoms with Crippen molar-refractivity contribution in [3.05, 3.63) is 21.8 Å². The van der Waals surface area contributed by atoms with E-state index in [0.29, 0.717) is 15.5 Å². The van der Waals surface area contributed by atoms with Gasteiger partial charge in [0.1, 0.15) is 5.82 Å². The van der Waals surface area contributed by atoms with Crippen LogP contribution in [-0.4, -0.2) is 29.8 Å². The molecular formula is C10H14ClN2NaOS. The molecule has 2 heterocycles. The molecule has 1 saturated heterocycles. The second kappa shape index (κ2) is 6.38. The van der Waals surface area contributed by atoms with E-state index in [9.17, 15) is 0 Å². The summed E-state index contributed by atoms with van der Waals surface area (Å²) in [7, 11) is 0. The number of aromatic amines is 1. The molecule has 1 aliphatic heterocycles. The Balaban J connectivity index is 0.00000128. The van der Waals surface area contributed by atoms with Crippen LogP contribution in [0.2, 0.25) is 5.02 Å². The van der Waals surface area contributed by atoms with Gasteiger partial charge in [-0.15, -0.1) is 0 Å². The Morgan fingerprint density at radius 1 is 1.69 bits per heavy atom. The SMILES string of the molecule is OCC1CCN(c2[nH]ccc(=S)c2Cl)C1.[H-].[Na+]. The molecule has 84 valence electrons. The van der Waals surface area contributed by atoms with Gasteiger partial charge in [-0.05, 0) is 12.5 Å². The van der Waals surface area contributed by atoms with E-state index in [-0.39, 0.29) is 37.6 Å². The van der Waals surface area contributed by atoms with Crippen molar-refractivity contribution in [3.63, 3.8) is 0 Å². The average molecular weight is 269 g/mol. The number of pyridine rings is 1. The van der Waals surface area contributed by atoms with Crippen LogP contribution in [0.1, 0.15) is 7.85 Å². The minimum absolute atomic E-state index is 0. The molecule has 0 aromatic carbocycles. The van der Waals surface area contributed by atoms with Crippen LogP contribution in [-0.2, 0) is 0 Å². The fourth-order valence-corrected chi connectivity index (χ4v) is 2.27. The minimum Gasteiger partial charge on any atom is -1.00 e. The van der Waals surface area contributed by atoms with Crippen molar-refractivity contribution < 1.29 is 36.1 Å².